The maximum absolute atomic E-state index is 12.9. The summed E-state index contributed by atoms with van der Waals surface area (Å²) in [5.41, 5.74) is 0. The summed E-state index contributed by atoms with van der Waals surface area (Å²) >= 11 is 0. The van der Waals surface area contributed by atoms with E-state index in [0.29, 0.717) is 11.7 Å². The van der Waals surface area contributed by atoms with E-state index < -0.39 is 12.0 Å². The highest BCUT2D eigenvalue weighted by atomic mass is 19.4. The fraction of sp³-hybridized carbons (Fsp3) is 0.714. The summed E-state index contributed by atoms with van der Waals surface area (Å²) in [5.74, 6) is 0.101. The van der Waals surface area contributed by atoms with Crippen LogP contribution in [-0.2, 0) is 6.18 Å². The molecule has 1 aliphatic carbocycles. The van der Waals surface area contributed by atoms with Crippen LogP contribution >= 0.6 is 0 Å². The van der Waals surface area contributed by atoms with Gasteiger partial charge in [-0.1, -0.05) is 6.92 Å². The van der Waals surface area contributed by atoms with Crippen LogP contribution in [0, 0.1) is 5.92 Å². The highest BCUT2D eigenvalue weighted by molar-refractivity contribution is 5.49. The highest BCUT2D eigenvalue weighted by Gasteiger charge is 2.36. The van der Waals surface area contributed by atoms with Gasteiger partial charge in [-0.2, -0.15) is 13.2 Å². The Labute approximate surface area is 122 Å². The Morgan fingerprint density at radius 3 is 2.33 bits per heavy atom. The average molecular weight is 302 g/mol. The van der Waals surface area contributed by atoms with E-state index in [9.17, 15) is 13.2 Å². The molecule has 4 nitrogen and oxygen atoms in total. The van der Waals surface area contributed by atoms with Crippen molar-refractivity contribution in [3.8, 4) is 0 Å². The molecule has 2 rings (SSSR count). The van der Waals surface area contributed by atoms with Gasteiger partial charge in [-0.05, 0) is 31.6 Å². The van der Waals surface area contributed by atoms with Gasteiger partial charge in [0.1, 0.15) is 11.6 Å². The van der Waals surface area contributed by atoms with E-state index in [2.05, 4.69) is 22.2 Å². The third-order valence-electron chi connectivity index (χ3n) is 4.12. The van der Waals surface area contributed by atoms with Crippen LogP contribution in [0.3, 0.4) is 0 Å². The van der Waals surface area contributed by atoms with Gasteiger partial charge in [-0.3, -0.25) is 0 Å². The lowest BCUT2D eigenvalue weighted by molar-refractivity contribution is -0.144. The van der Waals surface area contributed by atoms with Gasteiger partial charge in [0, 0.05) is 26.2 Å². The second kappa shape index (κ2) is 6.07. The van der Waals surface area contributed by atoms with Crippen LogP contribution in [0.15, 0.2) is 6.07 Å². The van der Waals surface area contributed by atoms with E-state index in [1.54, 1.807) is 13.1 Å². The predicted molar refractivity (Wildman–Crippen MR) is 76.4 cm³/mol. The molecule has 0 atom stereocenters. The molecule has 1 fully saturated rings. The van der Waals surface area contributed by atoms with Gasteiger partial charge < -0.3 is 10.2 Å². The van der Waals surface area contributed by atoms with Crippen molar-refractivity contribution in [2.24, 2.45) is 5.92 Å². The summed E-state index contributed by atoms with van der Waals surface area (Å²) in [7, 11) is 3.36. The van der Waals surface area contributed by atoms with Crippen molar-refractivity contribution in [3.05, 3.63) is 11.9 Å². The average Bonchev–Trinajstić information content (AvgIpc) is 2.46. The van der Waals surface area contributed by atoms with Gasteiger partial charge >= 0.3 is 6.18 Å². The molecule has 0 radical (unpaired) electrons. The second-order valence-corrected chi connectivity index (χ2v) is 5.71. The lowest BCUT2D eigenvalue weighted by Gasteiger charge is -2.34. The first-order chi connectivity index (χ1) is 9.81. The number of halogens is 3. The molecular weight excluding hydrogens is 281 g/mol. The first kappa shape index (κ1) is 15.9. The lowest BCUT2D eigenvalue weighted by Crippen LogP contribution is -2.35. The predicted octanol–water partition coefficient (Wildman–Crippen LogP) is 3.55. The largest absolute Gasteiger partial charge is 0.451 e. The van der Waals surface area contributed by atoms with E-state index in [0.717, 1.165) is 25.7 Å². The maximum Gasteiger partial charge on any atom is 0.451 e. The third-order valence-corrected chi connectivity index (χ3v) is 4.12. The molecule has 0 saturated heterocycles. The van der Waals surface area contributed by atoms with E-state index in [4.69, 9.17) is 0 Å². The van der Waals surface area contributed by atoms with Crippen LogP contribution in [0.4, 0.5) is 24.8 Å². The first-order valence-corrected chi connectivity index (χ1v) is 7.18. The van der Waals surface area contributed by atoms with Crippen LogP contribution in [-0.4, -0.2) is 30.1 Å². The summed E-state index contributed by atoms with van der Waals surface area (Å²) in [5, 5.41) is 2.67. The number of hydrogen-bond acceptors (Lipinski definition) is 4. The zero-order chi connectivity index (χ0) is 15.6. The minimum atomic E-state index is -4.54. The fourth-order valence-electron chi connectivity index (χ4n) is 2.69. The van der Waals surface area contributed by atoms with E-state index >= 15 is 0 Å². The van der Waals surface area contributed by atoms with Crippen LogP contribution in [0.1, 0.15) is 38.4 Å². The summed E-state index contributed by atoms with van der Waals surface area (Å²) in [6.45, 7) is 2.21. The van der Waals surface area contributed by atoms with Crippen LogP contribution in [0.25, 0.3) is 0 Å². The zero-order valence-electron chi connectivity index (χ0n) is 12.5. The molecule has 21 heavy (non-hydrogen) atoms. The Hall–Kier alpha value is -1.53. The van der Waals surface area contributed by atoms with Crippen molar-refractivity contribution in [2.75, 3.05) is 24.3 Å². The topological polar surface area (TPSA) is 41.0 Å². The molecule has 1 N–H and O–H groups in total. The number of alkyl halides is 3. The van der Waals surface area contributed by atoms with Crippen molar-refractivity contribution in [2.45, 2.75) is 44.8 Å². The molecule has 1 heterocycles. The smallest absolute Gasteiger partial charge is 0.373 e. The summed E-state index contributed by atoms with van der Waals surface area (Å²) in [4.78, 5) is 9.04. The minimum Gasteiger partial charge on any atom is -0.373 e. The fourth-order valence-corrected chi connectivity index (χ4v) is 2.69. The van der Waals surface area contributed by atoms with Gasteiger partial charge in [-0.25, -0.2) is 9.97 Å². The summed E-state index contributed by atoms with van der Waals surface area (Å²) in [6.07, 6.45) is -0.366. The number of nitrogens with one attached hydrogen (secondary N) is 1. The molecule has 0 unspecified atom stereocenters. The van der Waals surface area contributed by atoms with Crippen LogP contribution in [0.5, 0.6) is 0 Å². The minimum absolute atomic E-state index is 0.184. The van der Waals surface area contributed by atoms with Gasteiger partial charge in [0.2, 0.25) is 5.82 Å². The maximum atomic E-state index is 12.9. The Kier molecular flexibility index (Phi) is 4.58. The number of nitrogens with zero attached hydrogens (tertiary/aromatic N) is 3. The summed E-state index contributed by atoms with van der Waals surface area (Å²) < 4.78 is 38.6. The number of rotatable bonds is 3. The summed E-state index contributed by atoms with van der Waals surface area (Å²) in [6, 6.07) is 1.80. The van der Waals surface area contributed by atoms with Crippen molar-refractivity contribution in [1.29, 1.82) is 0 Å². The van der Waals surface area contributed by atoms with Crippen molar-refractivity contribution in [3.63, 3.8) is 0 Å². The molecule has 0 spiro atoms. The SMILES string of the molecule is CNc1cc(N(C)C2CCC(C)CC2)nc(C(F)(F)F)n1. The van der Waals surface area contributed by atoms with E-state index in [1.807, 2.05) is 11.9 Å². The molecule has 0 aliphatic heterocycles. The van der Waals surface area contributed by atoms with Crippen LogP contribution < -0.4 is 10.2 Å². The zero-order valence-corrected chi connectivity index (χ0v) is 12.5. The standard InChI is InChI=1S/C14H21F3N4/c1-9-4-6-10(7-5-9)21(3)12-8-11(18-2)19-13(20-12)14(15,16)17/h8-10H,4-7H2,1-3H3,(H,18,19,20). The Morgan fingerprint density at radius 1 is 1.19 bits per heavy atom. The monoisotopic (exact) mass is 302 g/mol. The Balaban J connectivity index is 2.25. The Morgan fingerprint density at radius 2 is 1.81 bits per heavy atom. The van der Waals surface area contributed by atoms with Gasteiger partial charge in [0.05, 0.1) is 0 Å². The molecule has 0 amide bonds. The van der Waals surface area contributed by atoms with Crippen molar-refractivity contribution < 1.29 is 13.2 Å². The number of aromatic nitrogens is 2. The third kappa shape index (κ3) is 3.77. The van der Waals surface area contributed by atoms with E-state index in [1.165, 1.54) is 0 Å². The second-order valence-electron chi connectivity index (χ2n) is 5.71. The number of hydrogen-bond donors (Lipinski definition) is 1. The highest BCUT2D eigenvalue weighted by Crippen LogP contribution is 2.32. The molecule has 7 heteroatoms. The lowest BCUT2D eigenvalue weighted by atomic mass is 9.87. The molecular formula is C14H21F3N4. The Bertz CT molecular complexity index is 482. The van der Waals surface area contributed by atoms with Crippen molar-refractivity contribution in [1.82, 2.24) is 9.97 Å². The van der Waals surface area contributed by atoms with Crippen LogP contribution in [0.2, 0.25) is 0 Å². The molecule has 0 aromatic carbocycles. The van der Waals surface area contributed by atoms with Gasteiger partial charge in [0.15, 0.2) is 0 Å². The molecule has 0 bridgehead atoms. The molecule has 1 aromatic rings. The molecule has 1 aliphatic rings. The van der Waals surface area contributed by atoms with Gasteiger partial charge in [-0.15, -0.1) is 0 Å². The molecule has 118 valence electrons. The molecule has 1 saturated carbocycles. The van der Waals surface area contributed by atoms with Gasteiger partial charge in [0.25, 0.3) is 0 Å². The quantitative estimate of drug-likeness (QED) is 0.927. The van der Waals surface area contributed by atoms with E-state index in [-0.39, 0.29) is 11.9 Å². The molecule has 1 aromatic heterocycles. The number of anilines is 2. The first-order valence-electron chi connectivity index (χ1n) is 7.18. The van der Waals surface area contributed by atoms with Crippen molar-refractivity contribution >= 4 is 11.6 Å². The normalized spacial score (nSPS) is 23.0.